The molecule has 2 fully saturated rings. The number of carbonyl (C=O) groups excluding carboxylic acids is 1. The summed E-state index contributed by atoms with van der Waals surface area (Å²) in [5.74, 6) is 1.96. The molecule has 6 nitrogen and oxygen atoms in total. The molecule has 0 aromatic rings. The van der Waals surface area contributed by atoms with Crippen LogP contribution in [0.25, 0.3) is 0 Å². The highest BCUT2D eigenvalue weighted by atomic mass is 32.2. The predicted molar refractivity (Wildman–Crippen MR) is 80.7 cm³/mol. The second kappa shape index (κ2) is 6.64. The maximum Gasteiger partial charge on any atom is 0.240 e. The molecule has 0 spiro atoms. The number of nitrogens with zero attached hydrogens (tertiary/aromatic N) is 1. The molecule has 0 radical (unpaired) electrons. The lowest BCUT2D eigenvalue weighted by Gasteiger charge is -2.32. The van der Waals surface area contributed by atoms with Crippen LogP contribution in [0.3, 0.4) is 0 Å². The highest BCUT2D eigenvalue weighted by Gasteiger charge is 2.33. The van der Waals surface area contributed by atoms with Crippen LogP contribution < -0.4 is 10.5 Å². The van der Waals surface area contributed by atoms with Crippen LogP contribution in [0.4, 0.5) is 0 Å². The number of sulfonamides is 1. The molecular weight excluding hydrogens is 298 g/mol. The molecule has 1 heterocycles. The van der Waals surface area contributed by atoms with E-state index in [4.69, 9.17) is 5.73 Å². The number of amides is 1. The van der Waals surface area contributed by atoms with Gasteiger partial charge in [0.05, 0.1) is 18.2 Å². The van der Waals surface area contributed by atoms with Crippen LogP contribution in [-0.4, -0.2) is 55.7 Å². The van der Waals surface area contributed by atoms with E-state index in [9.17, 15) is 13.2 Å². The van der Waals surface area contributed by atoms with Crippen molar-refractivity contribution in [3.8, 4) is 0 Å². The molecule has 1 aliphatic carbocycles. The SMILES string of the molecule is CS(=O)(=O)NC1CCC(C(N)C(=O)N2CCSC2)CC1. The van der Waals surface area contributed by atoms with Gasteiger partial charge >= 0.3 is 0 Å². The van der Waals surface area contributed by atoms with E-state index < -0.39 is 16.1 Å². The standard InChI is InChI=1S/C12H23N3O3S2/c1-20(17,18)14-10-4-2-9(3-5-10)11(13)12(16)15-6-7-19-8-15/h9-11,14H,2-8,13H2,1H3. The Kier molecular flexibility index (Phi) is 5.33. The highest BCUT2D eigenvalue weighted by molar-refractivity contribution is 7.99. The minimum absolute atomic E-state index is 0.00843. The predicted octanol–water partition coefficient (Wildman–Crippen LogP) is -0.0454. The van der Waals surface area contributed by atoms with Crippen LogP contribution in [0.5, 0.6) is 0 Å². The summed E-state index contributed by atoms with van der Waals surface area (Å²) in [4.78, 5) is 14.1. The van der Waals surface area contributed by atoms with E-state index in [-0.39, 0.29) is 17.9 Å². The number of nitrogens with one attached hydrogen (secondary N) is 1. The lowest BCUT2D eigenvalue weighted by molar-refractivity contribution is -0.132. The first-order chi connectivity index (χ1) is 9.37. The fraction of sp³-hybridized carbons (Fsp3) is 0.917. The van der Waals surface area contributed by atoms with Crippen molar-refractivity contribution in [3.63, 3.8) is 0 Å². The van der Waals surface area contributed by atoms with Crippen molar-refractivity contribution in [1.82, 2.24) is 9.62 Å². The van der Waals surface area contributed by atoms with Gasteiger partial charge in [-0.3, -0.25) is 4.79 Å². The van der Waals surface area contributed by atoms with E-state index in [2.05, 4.69) is 4.72 Å². The van der Waals surface area contributed by atoms with Gasteiger partial charge in [-0.1, -0.05) is 0 Å². The molecule has 116 valence electrons. The molecule has 1 saturated carbocycles. The topological polar surface area (TPSA) is 92.5 Å². The van der Waals surface area contributed by atoms with Gasteiger partial charge < -0.3 is 10.6 Å². The third kappa shape index (κ3) is 4.34. The van der Waals surface area contributed by atoms with E-state index in [0.29, 0.717) is 0 Å². The van der Waals surface area contributed by atoms with Crippen molar-refractivity contribution in [1.29, 1.82) is 0 Å². The fourth-order valence-corrected chi connectivity index (χ4v) is 4.70. The minimum Gasteiger partial charge on any atom is -0.331 e. The summed E-state index contributed by atoms with van der Waals surface area (Å²) < 4.78 is 25.0. The first-order valence-corrected chi connectivity index (χ1v) is 10.0. The molecular formula is C12H23N3O3S2. The summed E-state index contributed by atoms with van der Waals surface area (Å²) in [6, 6.07) is -0.446. The quantitative estimate of drug-likeness (QED) is 0.758. The van der Waals surface area contributed by atoms with Gasteiger partial charge in [0, 0.05) is 18.3 Å². The highest BCUT2D eigenvalue weighted by Crippen LogP contribution is 2.28. The van der Waals surface area contributed by atoms with E-state index >= 15 is 0 Å². The van der Waals surface area contributed by atoms with E-state index in [0.717, 1.165) is 43.9 Å². The molecule has 2 aliphatic rings. The summed E-state index contributed by atoms with van der Waals surface area (Å²) in [6.07, 6.45) is 4.31. The summed E-state index contributed by atoms with van der Waals surface area (Å²) in [5, 5.41) is 0. The van der Waals surface area contributed by atoms with Crippen LogP contribution in [0.1, 0.15) is 25.7 Å². The van der Waals surface area contributed by atoms with Crippen molar-refractivity contribution >= 4 is 27.7 Å². The van der Waals surface area contributed by atoms with Gasteiger partial charge in [-0.2, -0.15) is 0 Å². The lowest BCUT2D eigenvalue weighted by atomic mass is 9.81. The number of nitrogens with two attached hydrogens (primary N) is 1. The molecule has 0 bridgehead atoms. The van der Waals surface area contributed by atoms with Crippen LogP contribution in [0, 0.1) is 5.92 Å². The Labute approximate surface area is 124 Å². The molecule has 1 aliphatic heterocycles. The Hall–Kier alpha value is -0.310. The van der Waals surface area contributed by atoms with Gasteiger partial charge in [0.2, 0.25) is 15.9 Å². The normalized spacial score (nSPS) is 29.4. The number of thioether (sulfide) groups is 1. The first kappa shape index (κ1) is 16.1. The Morgan fingerprint density at radius 1 is 1.35 bits per heavy atom. The largest absolute Gasteiger partial charge is 0.331 e. The zero-order valence-corrected chi connectivity index (χ0v) is 13.4. The van der Waals surface area contributed by atoms with Crippen molar-refractivity contribution in [2.75, 3.05) is 24.4 Å². The summed E-state index contributed by atoms with van der Waals surface area (Å²) in [6.45, 7) is 0.794. The van der Waals surface area contributed by atoms with Crippen molar-refractivity contribution in [2.24, 2.45) is 11.7 Å². The van der Waals surface area contributed by atoms with Gasteiger partial charge in [-0.15, -0.1) is 11.8 Å². The zero-order valence-electron chi connectivity index (χ0n) is 11.7. The maximum atomic E-state index is 12.2. The Morgan fingerprint density at radius 3 is 2.50 bits per heavy atom. The second-order valence-electron chi connectivity index (χ2n) is 5.67. The van der Waals surface area contributed by atoms with Crippen LogP contribution >= 0.6 is 11.8 Å². The molecule has 8 heteroatoms. The van der Waals surface area contributed by atoms with Crippen LogP contribution in [-0.2, 0) is 14.8 Å². The molecule has 1 saturated heterocycles. The summed E-state index contributed by atoms with van der Waals surface area (Å²) >= 11 is 1.75. The lowest BCUT2D eigenvalue weighted by Crippen LogP contribution is -2.49. The van der Waals surface area contributed by atoms with Gasteiger partial charge in [0.15, 0.2) is 0 Å². The monoisotopic (exact) mass is 321 g/mol. The molecule has 0 aromatic carbocycles. The molecule has 20 heavy (non-hydrogen) atoms. The fourth-order valence-electron chi connectivity index (χ4n) is 2.90. The number of hydrogen-bond acceptors (Lipinski definition) is 5. The molecule has 2 rings (SSSR count). The van der Waals surface area contributed by atoms with E-state index in [1.165, 1.54) is 6.26 Å². The zero-order chi connectivity index (χ0) is 14.8. The van der Waals surface area contributed by atoms with E-state index in [1.54, 1.807) is 11.8 Å². The molecule has 1 unspecified atom stereocenters. The summed E-state index contributed by atoms with van der Waals surface area (Å²) in [7, 11) is -3.15. The van der Waals surface area contributed by atoms with Crippen molar-refractivity contribution < 1.29 is 13.2 Å². The van der Waals surface area contributed by atoms with Crippen molar-refractivity contribution in [2.45, 2.75) is 37.8 Å². The van der Waals surface area contributed by atoms with Crippen molar-refractivity contribution in [3.05, 3.63) is 0 Å². The Morgan fingerprint density at radius 2 is 2.00 bits per heavy atom. The molecule has 1 atom stereocenters. The Bertz CT molecular complexity index is 441. The van der Waals surface area contributed by atoms with E-state index in [1.807, 2.05) is 4.90 Å². The third-order valence-corrected chi connectivity index (χ3v) is 5.74. The summed E-state index contributed by atoms with van der Waals surface area (Å²) in [5.41, 5.74) is 6.11. The van der Waals surface area contributed by atoms with Crippen LogP contribution in [0.2, 0.25) is 0 Å². The number of hydrogen-bond donors (Lipinski definition) is 2. The van der Waals surface area contributed by atoms with Gasteiger partial charge in [-0.25, -0.2) is 13.1 Å². The third-order valence-electron chi connectivity index (χ3n) is 4.01. The molecule has 3 N–H and O–H groups in total. The second-order valence-corrected chi connectivity index (χ2v) is 8.52. The van der Waals surface area contributed by atoms with Gasteiger partial charge in [0.25, 0.3) is 0 Å². The molecule has 0 aromatic heterocycles. The first-order valence-electron chi connectivity index (χ1n) is 6.96. The molecule has 1 amide bonds. The maximum absolute atomic E-state index is 12.2. The van der Waals surface area contributed by atoms with Crippen LogP contribution in [0.15, 0.2) is 0 Å². The number of carbonyl (C=O) groups is 1. The van der Waals surface area contributed by atoms with Gasteiger partial charge in [0.1, 0.15) is 0 Å². The minimum atomic E-state index is -3.15. The van der Waals surface area contributed by atoms with Gasteiger partial charge in [-0.05, 0) is 31.6 Å². The smallest absolute Gasteiger partial charge is 0.240 e. The average Bonchev–Trinajstić information content (AvgIpc) is 2.90. The Balaban J connectivity index is 1.82. The number of rotatable bonds is 4. The average molecular weight is 321 g/mol.